The Morgan fingerprint density at radius 1 is 1.06 bits per heavy atom. The fourth-order valence-corrected chi connectivity index (χ4v) is 1.55. The molecule has 0 aliphatic rings. The van der Waals surface area contributed by atoms with Crippen LogP contribution in [0.5, 0.6) is 11.5 Å². The molecule has 88 valence electrons. The maximum absolute atomic E-state index is 9.35. The Labute approximate surface area is 100 Å². The molecular weight excluding hydrogens is 214 g/mol. The Hall–Kier alpha value is -2.00. The van der Waals surface area contributed by atoms with Gasteiger partial charge in [-0.25, -0.2) is 0 Å². The number of phenols is 1. The van der Waals surface area contributed by atoms with Crippen molar-refractivity contribution in [1.82, 2.24) is 0 Å². The Morgan fingerprint density at radius 2 is 1.82 bits per heavy atom. The molecule has 2 aromatic rings. The molecular formula is C14H15NO2. The highest BCUT2D eigenvalue weighted by Crippen LogP contribution is 2.18. The van der Waals surface area contributed by atoms with Gasteiger partial charge in [0, 0.05) is 0 Å². The van der Waals surface area contributed by atoms with Crippen molar-refractivity contribution in [2.24, 2.45) is 5.73 Å². The van der Waals surface area contributed by atoms with E-state index < -0.39 is 0 Å². The van der Waals surface area contributed by atoms with Gasteiger partial charge in [-0.3, -0.25) is 0 Å². The molecule has 0 radical (unpaired) electrons. The maximum atomic E-state index is 9.35. The molecule has 0 aliphatic heterocycles. The van der Waals surface area contributed by atoms with E-state index in [-0.39, 0.29) is 11.8 Å². The molecule has 3 nitrogen and oxygen atoms in total. The van der Waals surface area contributed by atoms with Crippen LogP contribution in [0.25, 0.3) is 0 Å². The number of para-hydroxylation sites is 1. The first-order valence-electron chi connectivity index (χ1n) is 5.48. The lowest BCUT2D eigenvalue weighted by Gasteiger charge is -2.13. The third kappa shape index (κ3) is 3.23. The largest absolute Gasteiger partial charge is 0.508 e. The molecule has 1 unspecified atom stereocenters. The van der Waals surface area contributed by atoms with Gasteiger partial charge in [-0.1, -0.05) is 30.3 Å². The molecule has 0 aliphatic carbocycles. The van der Waals surface area contributed by atoms with Gasteiger partial charge in [-0.05, 0) is 29.8 Å². The summed E-state index contributed by atoms with van der Waals surface area (Å²) in [4.78, 5) is 0. The first-order chi connectivity index (χ1) is 8.25. The van der Waals surface area contributed by atoms with Crippen LogP contribution in [0, 0.1) is 0 Å². The third-order valence-corrected chi connectivity index (χ3v) is 2.47. The summed E-state index contributed by atoms with van der Waals surface area (Å²) in [7, 11) is 0. The van der Waals surface area contributed by atoms with E-state index >= 15 is 0 Å². The lowest BCUT2D eigenvalue weighted by molar-refractivity contribution is 0.290. The first kappa shape index (κ1) is 11.5. The van der Waals surface area contributed by atoms with Crippen molar-refractivity contribution in [2.45, 2.75) is 6.04 Å². The first-order valence-corrected chi connectivity index (χ1v) is 5.48. The summed E-state index contributed by atoms with van der Waals surface area (Å²) in [5, 5.41) is 9.35. The predicted molar refractivity (Wildman–Crippen MR) is 67.0 cm³/mol. The second kappa shape index (κ2) is 5.37. The van der Waals surface area contributed by atoms with E-state index in [9.17, 15) is 5.11 Å². The Morgan fingerprint density at radius 3 is 2.53 bits per heavy atom. The Bertz CT molecular complexity index is 471. The Kier molecular flexibility index (Phi) is 3.62. The van der Waals surface area contributed by atoms with Crippen molar-refractivity contribution >= 4 is 0 Å². The summed E-state index contributed by atoms with van der Waals surface area (Å²) < 4.78 is 5.56. The standard InChI is InChI=1S/C14H15NO2/c15-14(11-5-4-6-12(16)9-11)10-17-13-7-2-1-3-8-13/h1-9,14,16H,10,15H2. The van der Waals surface area contributed by atoms with E-state index in [1.54, 1.807) is 18.2 Å². The fourth-order valence-electron chi connectivity index (χ4n) is 1.55. The molecule has 2 rings (SSSR count). The molecule has 2 aromatic carbocycles. The number of rotatable bonds is 4. The normalized spacial score (nSPS) is 12.1. The molecule has 0 saturated carbocycles. The van der Waals surface area contributed by atoms with Gasteiger partial charge in [-0.15, -0.1) is 0 Å². The summed E-state index contributed by atoms with van der Waals surface area (Å²) in [6.45, 7) is 0.382. The smallest absolute Gasteiger partial charge is 0.119 e. The highest BCUT2D eigenvalue weighted by molar-refractivity contribution is 5.29. The molecule has 1 atom stereocenters. The van der Waals surface area contributed by atoms with Crippen molar-refractivity contribution in [3.63, 3.8) is 0 Å². The number of hydrogen-bond acceptors (Lipinski definition) is 3. The van der Waals surface area contributed by atoms with E-state index in [0.29, 0.717) is 6.61 Å². The van der Waals surface area contributed by atoms with Crippen LogP contribution in [0.15, 0.2) is 54.6 Å². The zero-order valence-electron chi connectivity index (χ0n) is 9.41. The minimum Gasteiger partial charge on any atom is -0.508 e. The second-order valence-corrected chi connectivity index (χ2v) is 3.83. The molecule has 0 aromatic heterocycles. The van der Waals surface area contributed by atoms with Crippen LogP contribution in [-0.2, 0) is 0 Å². The summed E-state index contributed by atoms with van der Waals surface area (Å²) in [6, 6.07) is 16.2. The molecule has 3 heteroatoms. The quantitative estimate of drug-likeness (QED) is 0.846. The number of nitrogens with two attached hydrogens (primary N) is 1. The average molecular weight is 229 g/mol. The summed E-state index contributed by atoms with van der Waals surface area (Å²) in [6.07, 6.45) is 0. The lowest BCUT2D eigenvalue weighted by Crippen LogP contribution is -2.18. The summed E-state index contributed by atoms with van der Waals surface area (Å²) >= 11 is 0. The van der Waals surface area contributed by atoms with Crippen LogP contribution >= 0.6 is 0 Å². The van der Waals surface area contributed by atoms with E-state index in [2.05, 4.69) is 0 Å². The number of ether oxygens (including phenoxy) is 1. The van der Waals surface area contributed by atoms with Crippen LogP contribution < -0.4 is 10.5 Å². The molecule has 0 amide bonds. The number of aromatic hydroxyl groups is 1. The maximum Gasteiger partial charge on any atom is 0.119 e. The van der Waals surface area contributed by atoms with E-state index in [1.807, 2.05) is 36.4 Å². The van der Waals surface area contributed by atoms with Gasteiger partial charge in [-0.2, -0.15) is 0 Å². The van der Waals surface area contributed by atoms with Gasteiger partial charge in [0.2, 0.25) is 0 Å². The zero-order valence-corrected chi connectivity index (χ0v) is 9.41. The van der Waals surface area contributed by atoms with Gasteiger partial charge in [0.15, 0.2) is 0 Å². The van der Waals surface area contributed by atoms with Crippen molar-refractivity contribution in [2.75, 3.05) is 6.61 Å². The number of benzene rings is 2. The molecule has 3 N–H and O–H groups in total. The van der Waals surface area contributed by atoms with Gasteiger partial charge in [0.1, 0.15) is 18.1 Å². The van der Waals surface area contributed by atoms with Crippen molar-refractivity contribution in [3.8, 4) is 11.5 Å². The van der Waals surface area contributed by atoms with Crippen LogP contribution in [0.4, 0.5) is 0 Å². The number of phenolic OH excluding ortho intramolecular Hbond substituents is 1. The molecule has 17 heavy (non-hydrogen) atoms. The summed E-state index contributed by atoms with van der Waals surface area (Å²) in [5.41, 5.74) is 6.84. The topological polar surface area (TPSA) is 55.5 Å². The van der Waals surface area contributed by atoms with Crippen LogP contribution in [0.3, 0.4) is 0 Å². The van der Waals surface area contributed by atoms with E-state index in [4.69, 9.17) is 10.5 Å². The highest BCUT2D eigenvalue weighted by atomic mass is 16.5. The molecule has 0 saturated heterocycles. The van der Waals surface area contributed by atoms with Gasteiger partial charge in [0.25, 0.3) is 0 Å². The van der Waals surface area contributed by atoms with Crippen molar-refractivity contribution in [3.05, 3.63) is 60.2 Å². The van der Waals surface area contributed by atoms with Crippen LogP contribution in [0.1, 0.15) is 11.6 Å². The minimum atomic E-state index is -0.248. The van der Waals surface area contributed by atoms with Crippen molar-refractivity contribution in [1.29, 1.82) is 0 Å². The van der Waals surface area contributed by atoms with Gasteiger partial charge >= 0.3 is 0 Å². The molecule has 0 fully saturated rings. The minimum absolute atomic E-state index is 0.220. The van der Waals surface area contributed by atoms with Crippen LogP contribution in [-0.4, -0.2) is 11.7 Å². The highest BCUT2D eigenvalue weighted by Gasteiger charge is 2.07. The van der Waals surface area contributed by atoms with E-state index in [1.165, 1.54) is 0 Å². The molecule has 0 bridgehead atoms. The fraction of sp³-hybridized carbons (Fsp3) is 0.143. The number of hydrogen-bond donors (Lipinski definition) is 2. The zero-order chi connectivity index (χ0) is 12.1. The van der Waals surface area contributed by atoms with Crippen molar-refractivity contribution < 1.29 is 9.84 Å². The second-order valence-electron chi connectivity index (χ2n) is 3.83. The van der Waals surface area contributed by atoms with Gasteiger partial charge in [0.05, 0.1) is 6.04 Å². The lowest BCUT2D eigenvalue weighted by atomic mass is 10.1. The average Bonchev–Trinajstić information content (AvgIpc) is 2.37. The summed E-state index contributed by atoms with van der Waals surface area (Å²) in [5.74, 6) is 1.01. The van der Waals surface area contributed by atoms with E-state index in [0.717, 1.165) is 11.3 Å². The Balaban J connectivity index is 1.96. The van der Waals surface area contributed by atoms with Crippen LogP contribution in [0.2, 0.25) is 0 Å². The van der Waals surface area contributed by atoms with Gasteiger partial charge < -0.3 is 15.6 Å². The molecule has 0 spiro atoms. The predicted octanol–water partition coefficient (Wildman–Crippen LogP) is 2.47. The SMILES string of the molecule is NC(COc1ccccc1)c1cccc(O)c1. The molecule has 0 heterocycles. The third-order valence-electron chi connectivity index (χ3n) is 2.47. The monoisotopic (exact) mass is 229 g/mol.